The van der Waals surface area contributed by atoms with Crippen LogP contribution in [0.3, 0.4) is 0 Å². The Kier molecular flexibility index (Phi) is 5.94. The van der Waals surface area contributed by atoms with Crippen molar-refractivity contribution in [1.82, 2.24) is 0 Å². The summed E-state index contributed by atoms with van der Waals surface area (Å²) in [6.45, 7) is 1.16. The van der Waals surface area contributed by atoms with Gasteiger partial charge in [0.25, 0.3) is 5.91 Å². The summed E-state index contributed by atoms with van der Waals surface area (Å²) >= 11 is 5.81. The molecule has 0 aliphatic rings. The number of fused-ring (bicyclic) bond motifs is 1. The Morgan fingerprint density at radius 3 is 2.48 bits per heavy atom. The smallest absolute Gasteiger partial charge is 0.347 e. The van der Waals surface area contributed by atoms with Gasteiger partial charge in [0.1, 0.15) is 5.75 Å². The molecule has 0 saturated carbocycles. The molecule has 0 aliphatic heterocycles. The largest absolute Gasteiger partial charge is 0.479 e. The van der Waals surface area contributed by atoms with Gasteiger partial charge < -0.3 is 14.8 Å². The molecule has 3 aromatic carbocycles. The molecule has 1 atom stereocenters. The van der Waals surface area contributed by atoms with E-state index in [9.17, 15) is 9.59 Å². The van der Waals surface area contributed by atoms with Crippen LogP contribution in [-0.2, 0) is 14.3 Å². The van der Waals surface area contributed by atoms with Gasteiger partial charge in [-0.05, 0) is 42.6 Å². The van der Waals surface area contributed by atoms with E-state index in [2.05, 4.69) is 5.32 Å². The van der Waals surface area contributed by atoms with Gasteiger partial charge in [-0.2, -0.15) is 0 Å². The maximum atomic E-state index is 12.1. The fraction of sp³-hybridized carbons (Fsp3) is 0.143. The molecular formula is C21H18ClNO4. The Morgan fingerprint density at radius 1 is 1.00 bits per heavy atom. The molecule has 0 unspecified atom stereocenters. The summed E-state index contributed by atoms with van der Waals surface area (Å²) < 4.78 is 10.5. The van der Waals surface area contributed by atoms with Crippen molar-refractivity contribution in [2.75, 3.05) is 11.9 Å². The predicted molar refractivity (Wildman–Crippen MR) is 105 cm³/mol. The number of carbonyl (C=O) groups is 2. The molecule has 0 saturated heterocycles. The number of ether oxygens (including phenoxy) is 2. The van der Waals surface area contributed by atoms with Crippen LogP contribution in [0.1, 0.15) is 6.92 Å². The summed E-state index contributed by atoms with van der Waals surface area (Å²) in [6, 6.07) is 19.9. The first-order chi connectivity index (χ1) is 13.0. The average Bonchev–Trinajstić information content (AvgIpc) is 2.68. The quantitative estimate of drug-likeness (QED) is 0.639. The van der Waals surface area contributed by atoms with Crippen LogP contribution in [0.5, 0.6) is 5.75 Å². The van der Waals surface area contributed by atoms with Gasteiger partial charge in [-0.15, -0.1) is 0 Å². The van der Waals surface area contributed by atoms with Crippen molar-refractivity contribution in [2.24, 2.45) is 0 Å². The van der Waals surface area contributed by atoms with Crippen LogP contribution in [0.2, 0.25) is 5.02 Å². The summed E-state index contributed by atoms with van der Waals surface area (Å²) in [4.78, 5) is 24.2. The van der Waals surface area contributed by atoms with Crippen LogP contribution < -0.4 is 10.1 Å². The molecular weight excluding hydrogens is 366 g/mol. The van der Waals surface area contributed by atoms with Crippen LogP contribution in [0.25, 0.3) is 10.8 Å². The molecule has 138 valence electrons. The Labute approximate surface area is 161 Å². The van der Waals surface area contributed by atoms with E-state index >= 15 is 0 Å². The standard InChI is InChI=1S/C21H18ClNO4/c1-14(27-17-11-9-16(22)10-12-17)21(25)26-13-20(24)23-19-8-4-6-15-5-2-3-7-18(15)19/h2-12,14H,13H2,1H3,(H,23,24)/t14-/m1/s1. The van der Waals surface area contributed by atoms with Gasteiger partial charge in [0.05, 0.1) is 0 Å². The number of anilines is 1. The van der Waals surface area contributed by atoms with Crippen molar-refractivity contribution < 1.29 is 19.1 Å². The first kappa shape index (κ1) is 18.7. The highest BCUT2D eigenvalue weighted by atomic mass is 35.5. The number of carbonyl (C=O) groups excluding carboxylic acids is 2. The number of esters is 1. The van der Waals surface area contributed by atoms with Crippen molar-refractivity contribution in [1.29, 1.82) is 0 Å². The fourth-order valence-electron chi connectivity index (χ4n) is 2.54. The van der Waals surface area contributed by atoms with Gasteiger partial charge >= 0.3 is 5.97 Å². The van der Waals surface area contributed by atoms with Gasteiger partial charge in [-0.1, -0.05) is 48.0 Å². The second kappa shape index (κ2) is 8.56. The van der Waals surface area contributed by atoms with Gasteiger partial charge in [-0.3, -0.25) is 4.79 Å². The number of halogens is 1. The number of amides is 1. The minimum absolute atomic E-state index is 0.392. The summed E-state index contributed by atoms with van der Waals surface area (Å²) in [6.07, 6.45) is -0.850. The van der Waals surface area contributed by atoms with Crippen molar-refractivity contribution in [2.45, 2.75) is 13.0 Å². The van der Waals surface area contributed by atoms with E-state index in [1.807, 2.05) is 36.4 Å². The van der Waals surface area contributed by atoms with Gasteiger partial charge in [0.2, 0.25) is 0 Å². The molecule has 3 rings (SSSR count). The lowest BCUT2D eigenvalue weighted by molar-refractivity contribution is -0.153. The lowest BCUT2D eigenvalue weighted by atomic mass is 10.1. The molecule has 0 bridgehead atoms. The minimum atomic E-state index is -0.850. The first-order valence-electron chi connectivity index (χ1n) is 8.39. The highest BCUT2D eigenvalue weighted by Gasteiger charge is 2.18. The molecule has 0 fully saturated rings. The molecule has 0 aromatic heterocycles. The average molecular weight is 384 g/mol. The monoisotopic (exact) mass is 383 g/mol. The molecule has 3 aromatic rings. The van der Waals surface area contributed by atoms with Gasteiger partial charge in [-0.25, -0.2) is 4.79 Å². The second-order valence-corrected chi connectivity index (χ2v) is 6.33. The minimum Gasteiger partial charge on any atom is -0.479 e. The third-order valence-corrected chi connectivity index (χ3v) is 4.12. The van der Waals surface area contributed by atoms with Crippen molar-refractivity contribution >= 4 is 39.9 Å². The SMILES string of the molecule is C[C@@H](Oc1ccc(Cl)cc1)C(=O)OCC(=O)Nc1cccc2ccccc12. The molecule has 1 amide bonds. The van der Waals surface area contributed by atoms with Crippen LogP contribution in [-0.4, -0.2) is 24.6 Å². The van der Waals surface area contributed by atoms with Crippen LogP contribution in [0.15, 0.2) is 66.7 Å². The summed E-state index contributed by atoms with van der Waals surface area (Å²) in [7, 11) is 0. The van der Waals surface area contributed by atoms with Crippen molar-refractivity contribution in [3.05, 3.63) is 71.8 Å². The van der Waals surface area contributed by atoms with E-state index < -0.39 is 24.6 Å². The molecule has 1 N–H and O–H groups in total. The Hall–Kier alpha value is -3.05. The fourth-order valence-corrected chi connectivity index (χ4v) is 2.67. The highest BCUT2D eigenvalue weighted by molar-refractivity contribution is 6.30. The summed E-state index contributed by atoms with van der Waals surface area (Å²) in [5.41, 5.74) is 0.666. The number of nitrogens with one attached hydrogen (secondary N) is 1. The molecule has 5 nitrogen and oxygen atoms in total. The zero-order valence-corrected chi connectivity index (χ0v) is 15.4. The lowest BCUT2D eigenvalue weighted by Gasteiger charge is -2.14. The van der Waals surface area contributed by atoms with Crippen molar-refractivity contribution in [3.63, 3.8) is 0 Å². The first-order valence-corrected chi connectivity index (χ1v) is 8.77. The summed E-state index contributed by atoms with van der Waals surface area (Å²) in [5.74, 6) is -0.555. The third-order valence-electron chi connectivity index (χ3n) is 3.87. The predicted octanol–water partition coefficient (Wildman–Crippen LogP) is 4.44. The van der Waals surface area contributed by atoms with Crippen molar-refractivity contribution in [3.8, 4) is 5.75 Å². The van der Waals surface area contributed by atoms with Gasteiger partial charge in [0.15, 0.2) is 12.7 Å². The Balaban J connectivity index is 1.53. The van der Waals surface area contributed by atoms with E-state index in [0.717, 1.165) is 10.8 Å². The highest BCUT2D eigenvalue weighted by Crippen LogP contribution is 2.23. The Morgan fingerprint density at radius 2 is 1.70 bits per heavy atom. The zero-order valence-electron chi connectivity index (χ0n) is 14.6. The molecule has 0 heterocycles. The van der Waals surface area contributed by atoms with Crippen LogP contribution in [0.4, 0.5) is 5.69 Å². The van der Waals surface area contributed by atoms with Gasteiger partial charge in [0, 0.05) is 16.1 Å². The number of benzene rings is 3. The second-order valence-electron chi connectivity index (χ2n) is 5.90. The molecule has 0 aliphatic carbocycles. The van der Waals surface area contributed by atoms with E-state index in [4.69, 9.17) is 21.1 Å². The van der Waals surface area contributed by atoms with E-state index in [-0.39, 0.29) is 0 Å². The van der Waals surface area contributed by atoms with Crippen LogP contribution >= 0.6 is 11.6 Å². The molecule has 6 heteroatoms. The maximum absolute atomic E-state index is 12.1. The Bertz CT molecular complexity index is 951. The summed E-state index contributed by atoms with van der Waals surface area (Å²) in [5, 5.41) is 5.26. The van der Waals surface area contributed by atoms with Crippen LogP contribution in [0, 0.1) is 0 Å². The lowest BCUT2D eigenvalue weighted by Crippen LogP contribution is -2.29. The number of hydrogen-bond acceptors (Lipinski definition) is 4. The molecule has 0 radical (unpaired) electrons. The number of hydrogen-bond donors (Lipinski definition) is 1. The zero-order chi connectivity index (χ0) is 19.2. The van der Waals surface area contributed by atoms with E-state index in [1.165, 1.54) is 0 Å². The van der Waals surface area contributed by atoms with E-state index in [1.54, 1.807) is 37.3 Å². The topological polar surface area (TPSA) is 64.6 Å². The molecule has 0 spiro atoms. The number of rotatable bonds is 6. The van der Waals surface area contributed by atoms with E-state index in [0.29, 0.717) is 16.5 Å². The maximum Gasteiger partial charge on any atom is 0.347 e. The third kappa shape index (κ3) is 4.99. The molecule has 27 heavy (non-hydrogen) atoms. The normalized spacial score (nSPS) is 11.6.